The molecule has 0 radical (unpaired) electrons. The van der Waals surface area contributed by atoms with E-state index in [0.717, 1.165) is 5.56 Å². The molecule has 2 aromatic carbocycles. The molecular weight excluding hydrogens is 349 g/mol. The molecule has 1 N–H and O–H groups in total. The number of benzene rings is 2. The van der Waals surface area contributed by atoms with Crippen LogP contribution in [0.25, 0.3) is 0 Å². The summed E-state index contributed by atoms with van der Waals surface area (Å²) in [6.45, 7) is 1.51. The average molecular weight is 366 g/mol. The van der Waals surface area contributed by atoms with E-state index in [1.807, 2.05) is 37.3 Å². The molecule has 6 heteroatoms. The predicted octanol–water partition coefficient (Wildman–Crippen LogP) is 4.67. The standard InChI is InChI=1S/C18H17Cl2NO3/c1-2-13(12-7-4-3-5-8-12)18(23)24-11-16(22)21-15-10-6-9-14(19)17(15)20/h3-10,13H,2,11H2,1H3,(H,21,22)/t13-/m0/s1. The molecule has 1 atom stereocenters. The maximum Gasteiger partial charge on any atom is 0.313 e. The summed E-state index contributed by atoms with van der Waals surface area (Å²) in [4.78, 5) is 24.1. The van der Waals surface area contributed by atoms with Crippen LogP contribution in [0.2, 0.25) is 10.0 Å². The molecule has 0 saturated carbocycles. The van der Waals surface area contributed by atoms with Crippen LogP contribution in [0, 0.1) is 0 Å². The Morgan fingerprint density at radius 1 is 1.08 bits per heavy atom. The maximum atomic E-state index is 12.2. The zero-order valence-electron chi connectivity index (χ0n) is 13.1. The first-order valence-electron chi connectivity index (χ1n) is 7.48. The van der Waals surface area contributed by atoms with Crippen molar-refractivity contribution in [3.8, 4) is 0 Å². The van der Waals surface area contributed by atoms with E-state index in [0.29, 0.717) is 17.1 Å². The second-order valence-corrected chi connectivity index (χ2v) is 5.91. The molecule has 24 heavy (non-hydrogen) atoms. The largest absolute Gasteiger partial charge is 0.455 e. The smallest absolute Gasteiger partial charge is 0.313 e. The topological polar surface area (TPSA) is 55.4 Å². The van der Waals surface area contributed by atoms with Crippen molar-refractivity contribution in [3.05, 3.63) is 64.1 Å². The molecule has 0 aromatic heterocycles. The van der Waals surface area contributed by atoms with Gasteiger partial charge in [0.1, 0.15) is 0 Å². The Bertz CT molecular complexity index is 719. The summed E-state index contributed by atoms with van der Waals surface area (Å²) >= 11 is 11.9. The van der Waals surface area contributed by atoms with Crippen molar-refractivity contribution < 1.29 is 14.3 Å². The van der Waals surface area contributed by atoms with E-state index in [4.69, 9.17) is 27.9 Å². The van der Waals surface area contributed by atoms with E-state index in [1.165, 1.54) is 0 Å². The molecule has 4 nitrogen and oxygen atoms in total. The van der Waals surface area contributed by atoms with Gasteiger partial charge in [-0.15, -0.1) is 0 Å². The molecule has 0 heterocycles. The summed E-state index contributed by atoms with van der Waals surface area (Å²) < 4.78 is 5.13. The second-order valence-electron chi connectivity index (χ2n) is 5.13. The fraction of sp³-hybridized carbons (Fsp3) is 0.222. The number of hydrogen-bond donors (Lipinski definition) is 1. The van der Waals surface area contributed by atoms with Crippen molar-refractivity contribution >= 4 is 40.8 Å². The zero-order chi connectivity index (χ0) is 17.5. The van der Waals surface area contributed by atoms with Gasteiger partial charge in [0.2, 0.25) is 0 Å². The van der Waals surface area contributed by atoms with Crippen LogP contribution in [0.1, 0.15) is 24.8 Å². The fourth-order valence-electron chi connectivity index (χ4n) is 2.25. The highest BCUT2D eigenvalue weighted by Crippen LogP contribution is 2.29. The van der Waals surface area contributed by atoms with Crippen LogP contribution in [-0.4, -0.2) is 18.5 Å². The van der Waals surface area contributed by atoms with Gasteiger partial charge in [-0.25, -0.2) is 0 Å². The quantitative estimate of drug-likeness (QED) is 0.756. The summed E-state index contributed by atoms with van der Waals surface area (Å²) in [5.74, 6) is -1.31. The van der Waals surface area contributed by atoms with Gasteiger partial charge in [0.05, 0.1) is 21.7 Å². The fourth-order valence-corrected chi connectivity index (χ4v) is 2.60. The first-order valence-corrected chi connectivity index (χ1v) is 8.24. The molecule has 2 rings (SSSR count). The van der Waals surface area contributed by atoms with Crippen molar-refractivity contribution in [1.29, 1.82) is 0 Å². The Morgan fingerprint density at radius 2 is 1.79 bits per heavy atom. The Hall–Kier alpha value is -2.04. The molecule has 0 aliphatic rings. The lowest BCUT2D eigenvalue weighted by molar-refractivity contribution is -0.149. The van der Waals surface area contributed by atoms with Gasteiger partial charge < -0.3 is 10.1 Å². The summed E-state index contributed by atoms with van der Waals surface area (Å²) in [6, 6.07) is 14.2. The highest BCUT2D eigenvalue weighted by atomic mass is 35.5. The van der Waals surface area contributed by atoms with Gasteiger partial charge >= 0.3 is 5.97 Å². The predicted molar refractivity (Wildman–Crippen MR) is 95.5 cm³/mol. The summed E-state index contributed by atoms with van der Waals surface area (Å²) in [6.07, 6.45) is 0.588. The number of amides is 1. The summed E-state index contributed by atoms with van der Waals surface area (Å²) in [5, 5.41) is 3.15. The molecule has 0 fully saturated rings. The number of carbonyl (C=O) groups is 2. The van der Waals surface area contributed by atoms with Crippen LogP contribution < -0.4 is 5.32 Å². The summed E-state index contributed by atoms with van der Waals surface area (Å²) in [7, 11) is 0. The van der Waals surface area contributed by atoms with Crippen molar-refractivity contribution in [3.63, 3.8) is 0 Å². The first kappa shape index (κ1) is 18.3. The molecule has 2 aromatic rings. The number of rotatable bonds is 6. The maximum absolute atomic E-state index is 12.2. The van der Waals surface area contributed by atoms with Crippen LogP contribution in [-0.2, 0) is 14.3 Å². The third kappa shape index (κ3) is 4.73. The molecule has 0 unspecified atom stereocenters. The number of halogens is 2. The summed E-state index contributed by atoms with van der Waals surface area (Å²) in [5.41, 5.74) is 1.24. The molecular formula is C18H17Cl2NO3. The van der Waals surface area contributed by atoms with E-state index in [9.17, 15) is 9.59 Å². The lowest BCUT2D eigenvalue weighted by atomic mass is 9.97. The Morgan fingerprint density at radius 3 is 2.46 bits per heavy atom. The molecule has 126 valence electrons. The van der Waals surface area contributed by atoms with Gasteiger partial charge in [-0.05, 0) is 24.1 Å². The van der Waals surface area contributed by atoms with Crippen molar-refractivity contribution in [2.24, 2.45) is 0 Å². The van der Waals surface area contributed by atoms with Crippen LogP contribution in [0.5, 0.6) is 0 Å². The average Bonchev–Trinajstić information content (AvgIpc) is 2.59. The minimum Gasteiger partial charge on any atom is -0.455 e. The second kappa shape index (κ2) is 8.71. The molecule has 1 amide bonds. The lowest BCUT2D eigenvalue weighted by Crippen LogP contribution is -2.24. The Kier molecular flexibility index (Phi) is 6.64. The number of carbonyl (C=O) groups excluding carboxylic acids is 2. The molecule has 0 saturated heterocycles. The third-order valence-corrected chi connectivity index (χ3v) is 4.28. The molecule has 0 aliphatic heterocycles. The van der Waals surface area contributed by atoms with E-state index < -0.39 is 17.8 Å². The lowest BCUT2D eigenvalue weighted by Gasteiger charge is -2.14. The Balaban J connectivity index is 1.93. The van der Waals surface area contributed by atoms with E-state index in [2.05, 4.69) is 5.32 Å². The van der Waals surface area contributed by atoms with Crippen LogP contribution in [0.4, 0.5) is 5.69 Å². The minimum absolute atomic E-state index is 0.245. The van der Waals surface area contributed by atoms with E-state index >= 15 is 0 Å². The first-order chi connectivity index (χ1) is 11.5. The van der Waals surface area contributed by atoms with E-state index in [1.54, 1.807) is 18.2 Å². The van der Waals surface area contributed by atoms with Gasteiger partial charge in [-0.3, -0.25) is 9.59 Å². The normalized spacial score (nSPS) is 11.6. The number of hydrogen-bond acceptors (Lipinski definition) is 3. The SMILES string of the molecule is CC[C@H](C(=O)OCC(=O)Nc1cccc(Cl)c1Cl)c1ccccc1. The van der Waals surface area contributed by atoms with Crippen molar-refractivity contribution in [2.45, 2.75) is 19.3 Å². The van der Waals surface area contributed by atoms with Gasteiger partial charge in [0.15, 0.2) is 6.61 Å². The highest BCUT2D eigenvalue weighted by molar-refractivity contribution is 6.44. The van der Waals surface area contributed by atoms with Crippen molar-refractivity contribution in [2.75, 3.05) is 11.9 Å². The van der Waals surface area contributed by atoms with Gasteiger partial charge in [-0.1, -0.05) is 66.5 Å². The minimum atomic E-state index is -0.476. The number of nitrogens with one attached hydrogen (secondary N) is 1. The van der Waals surface area contributed by atoms with E-state index in [-0.39, 0.29) is 11.6 Å². The molecule has 0 aliphatic carbocycles. The monoisotopic (exact) mass is 365 g/mol. The van der Waals surface area contributed by atoms with Crippen molar-refractivity contribution in [1.82, 2.24) is 0 Å². The molecule has 0 spiro atoms. The molecule has 0 bridgehead atoms. The number of anilines is 1. The Labute approximate surface area is 150 Å². The van der Waals surface area contributed by atoms with Gasteiger partial charge in [-0.2, -0.15) is 0 Å². The number of esters is 1. The van der Waals surface area contributed by atoms with Crippen LogP contribution in [0.15, 0.2) is 48.5 Å². The zero-order valence-corrected chi connectivity index (χ0v) is 14.6. The van der Waals surface area contributed by atoms with Crippen LogP contribution in [0.3, 0.4) is 0 Å². The highest BCUT2D eigenvalue weighted by Gasteiger charge is 2.21. The van der Waals surface area contributed by atoms with Gasteiger partial charge in [0.25, 0.3) is 5.91 Å². The number of ether oxygens (including phenoxy) is 1. The van der Waals surface area contributed by atoms with Crippen LogP contribution >= 0.6 is 23.2 Å². The third-order valence-electron chi connectivity index (χ3n) is 3.47. The van der Waals surface area contributed by atoms with Gasteiger partial charge in [0, 0.05) is 0 Å².